The van der Waals surface area contributed by atoms with E-state index in [4.69, 9.17) is 23.2 Å². The van der Waals surface area contributed by atoms with Gasteiger partial charge in [0.2, 0.25) is 10.0 Å². The Morgan fingerprint density at radius 2 is 1.69 bits per heavy atom. The number of fused-ring (bicyclic) bond motifs is 1. The lowest BCUT2D eigenvalue weighted by molar-refractivity contribution is -0.141. The maximum absolute atomic E-state index is 13.4. The number of aliphatic carboxylic acids is 1. The molecule has 1 heterocycles. The Morgan fingerprint density at radius 1 is 1.00 bits per heavy atom. The SMILES string of the molecule is O=C(O)C1Cc2ccccc2C1S(=O)(=O)N1CCN(c2ccc(Cl)c(Cl)c2)CC1. The van der Waals surface area contributed by atoms with Gasteiger partial charge in [0.25, 0.3) is 0 Å². The first-order chi connectivity index (χ1) is 13.8. The second kappa shape index (κ2) is 7.80. The summed E-state index contributed by atoms with van der Waals surface area (Å²) in [6, 6.07) is 12.4. The van der Waals surface area contributed by atoms with E-state index in [-0.39, 0.29) is 19.5 Å². The fourth-order valence-corrected chi connectivity index (χ4v) is 6.65. The number of hydrogen-bond donors (Lipinski definition) is 1. The van der Waals surface area contributed by atoms with E-state index in [1.807, 2.05) is 23.1 Å². The molecule has 0 saturated carbocycles. The molecule has 29 heavy (non-hydrogen) atoms. The molecule has 1 aliphatic heterocycles. The normalized spacial score (nSPS) is 22.5. The smallest absolute Gasteiger partial charge is 0.308 e. The Balaban J connectivity index is 1.55. The molecular formula is C20H20Cl2N2O4S. The van der Waals surface area contributed by atoms with Crippen molar-refractivity contribution in [2.24, 2.45) is 5.92 Å². The van der Waals surface area contributed by atoms with Crippen LogP contribution in [0, 0.1) is 5.92 Å². The van der Waals surface area contributed by atoms with Crippen molar-refractivity contribution in [1.29, 1.82) is 0 Å². The van der Waals surface area contributed by atoms with Crippen molar-refractivity contribution in [2.45, 2.75) is 11.7 Å². The molecule has 2 unspecified atom stereocenters. The molecular weight excluding hydrogens is 435 g/mol. The molecule has 2 atom stereocenters. The molecule has 0 aromatic heterocycles. The third-order valence-electron chi connectivity index (χ3n) is 5.67. The molecule has 1 aliphatic carbocycles. The van der Waals surface area contributed by atoms with Crippen LogP contribution in [0.15, 0.2) is 42.5 Å². The predicted octanol–water partition coefficient (Wildman–Crippen LogP) is 3.44. The van der Waals surface area contributed by atoms with Gasteiger partial charge in [-0.3, -0.25) is 4.79 Å². The number of carboxylic acid groups (broad SMARTS) is 1. The summed E-state index contributed by atoms with van der Waals surface area (Å²) in [7, 11) is -3.81. The number of halogens is 2. The van der Waals surface area contributed by atoms with Gasteiger partial charge in [-0.2, -0.15) is 4.31 Å². The van der Waals surface area contributed by atoms with Crippen LogP contribution >= 0.6 is 23.2 Å². The van der Waals surface area contributed by atoms with E-state index < -0.39 is 27.2 Å². The van der Waals surface area contributed by atoms with Crippen LogP contribution in [0.3, 0.4) is 0 Å². The van der Waals surface area contributed by atoms with Crippen molar-refractivity contribution in [3.05, 3.63) is 63.6 Å². The molecule has 1 saturated heterocycles. The Hall–Kier alpha value is -1.80. The van der Waals surface area contributed by atoms with Crippen molar-refractivity contribution in [1.82, 2.24) is 4.31 Å². The maximum atomic E-state index is 13.4. The van der Waals surface area contributed by atoms with Crippen LogP contribution in [0.25, 0.3) is 0 Å². The van der Waals surface area contributed by atoms with E-state index in [2.05, 4.69) is 0 Å². The first kappa shape index (κ1) is 20.5. The topological polar surface area (TPSA) is 77.9 Å². The number of sulfonamides is 1. The molecule has 154 valence electrons. The van der Waals surface area contributed by atoms with Crippen LogP contribution in [-0.4, -0.2) is 50.0 Å². The van der Waals surface area contributed by atoms with Crippen LogP contribution in [0.2, 0.25) is 10.0 Å². The fraction of sp³-hybridized carbons (Fsp3) is 0.350. The van der Waals surface area contributed by atoms with Crippen LogP contribution < -0.4 is 4.90 Å². The fourth-order valence-electron chi connectivity index (χ4n) is 4.19. The summed E-state index contributed by atoms with van der Waals surface area (Å²) in [4.78, 5) is 13.8. The highest BCUT2D eigenvalue weighted by atomic mass is 35.5. The van der Waals surface area contributed by atoms with Crippen molar-refractivity contribution in [3.63, 3.8) is 0 Å². The average Bonchev–Trinajstić information content (AvgIpc) is 3.11. The zero-order valence-corrected chi connectivity index (χ0v) is 17.8. The lowest BCUT2D eigenvalue weighted by atomic mass is 10.1. The third-order valence-corrected chi connectivity index (χ3v) is 8.72. The standard InChI is InChI=1S/C20H20Cl2N2O4S/c21-17-6-5-14(12-18(17)22)23-7-9-24(10-8-23)29(27,28)19-15-4-2-1-3-13(15)11-16(19)20(25)26/h1-6,12,16,19H,7-11H2,(H,25,26). The summed E-state index contributed by atoms with van der Waals surface area (Å²) in [6.45, 7) is 1.55. The monoisotopic (exact) mass is 454 g/mol. The number of hydrogen-bond acceptors (Lipinski definition) is 4. The van der Waals surface area contributed by atoms with Gasteiger partial charge in [0, 0.05) is 31.9 Å². The largest absolute Gasteiger partial charge is 0.481 e. The van der Waals surface area contributed by atoms with Gasteiger partial charge in [-0.25, -0.2) is 8.42 Å². The van der Waals surface area contributed by atoms with Gasteiger partial charge in [0.05, 0.1) is 16.0 Å². The zero-order valence-electron chi connectivity index (χ0n) is 15.5. The number of carbonyl (C=O) groups is 1. The lowest BCUT2D eigenvalue weighted by Crippen LogP contribution is -2.50. The Labute approximate surface area is 179 Å². The first-order valence-corrected chi connectivity index (χ1v) is 11.5. The van der Waals surface area contributed by atoms with Crippen LogP contribution in [0.5, 0.6) is 0 Å². The van der Waals surface area contributed by atoms with Crippen molar-refractivity contribution < 1.29 is 18.3 Å². The molecule has 4 rings (SSSR count). The highest BCUT2D eigenvalue weighted by molar-refractivity contribution is 7.89. The third kappa shape index (κ3) is 3.72. The van der Waals surface area contributed by atoms with Gasteiger partial charge in [-0.05, 0) is 35.7 Å². The summed E-state index contributed by atoms with van der Waals surface area (Å²) >= 11 is 12.1. The number of anilines is 1. The highest BCUT2D eigenvalue weighted by Crippen LogP contribution is 2.43. The molecule has 0 amide bonds. The molecule has 1 N–H and O–H groups in total. The minimum Gasteiger partial charge on any atom is -0.481 e. The van der Waals surface area contributed by atoms with Crippen molar-refractivity contribution in [3.8, 4) is 0 Å². The summed E-state index contributed by atoms with van der Waals surface area (Å²) < 4.78 is 28.2. The van der Waals surface area contributed by atoms with E-state index in [0.29, 0.717) is 28.7 Å². The van der Waals surface area contributed by atoms with Gasteiger partial charge in [-0.1, -0.05) is 47.5 Å². The summed E-state index contributed by atoms with van der Waals surface area (Å²) in [5.41, 5.74) is 2.28. The van der Waals surface area contributed by atoms with Crippen molar-refractivity contribution in [2.75, 3.05) is 31.1 Å². The number of piperazine rings is 1. The summed E-state index contributed by atoms with van der Waals surface area (Å²) in [5, 5.41) is 9.51. The van der Waals surface area contributed by atoms with Crippen molar-refractivity contribution >= 4 is 44.9 Å². The number of rotatable bonds is 4. The molecule has 6 nitrogen and oxygen atoms in total. The quantitative estimate of drug-likeness (QED) is 0.765. The number of carboxylic acids is 1. The molecule has 0 bridgehead atoms. The first-order valence-electron chi connectivity index (χ1n) is 9.28. The van der Waals surface area contributed by atoms with Gasteiger partial charge in [-0.15, -0.1) is 0 Å². The molecule has 2 aliphatic rings. The average molecular weight is 455 g/mol. The molecule has 0 spiro atoms. The second-order valence-corrected chi connectivity index (χ2v) is 10.2. The van der Waals surface area contributed by atoms with Crippen LogP contribution in [0.4, 0.5) is 5.69 Å². The van der Waals surface area contributed by atoms with Gasteiger partial charge >= 0.3 is 5.97 Å². The van der Waals surface area contributed by atoms with E-state index in [1.54, 1.807) is 24.3 Å². The minimum absolute atomic E-state index is 0.235. The Bertz CT molecular complexity index is 1050. The number of nitrogens with zero attached hydrogens (tertiary/aromatic N) is 2. The number of benzene rings is 2. The zero-order chi connectivity index (χ0) is 20.8. The van der Waals surface area contributed by atoms with E-state index >= 15 is 0 Å². The molecule has 2 aromatic rings. The Morgan fingerprint density at radius 3 is 2.34 bits per heavy atom. The van der Waals surface area contributed by atoms with Crippen LogP contribution in [-0.2, 0) is 21.2 Å². The molecule has 9 heteroatoms. The maximum Gasteiger partial charge on any atom is 0.308 e. The van der Waals surface area contributed by atoms with Gasteiger partial charge in [0.15, 0.2) is 0 Å². The minimum atomic E-state index is -3.81. The lowest BCUT2D eigenvalue weighted by Gasteiger charge is -2.37. The summed E-state index contributed by atoms with van der Waals surface area (Å²) in [6.07, 6.45) is 0.235. The Kier molecular flexibility index (Phi) is 5.50. The molecule has 1 fully saturated rings. The molecule has 2 aromatic carbocycles. The van der Waals surface area contributed by atoms with E-state index in [9.17, 15) is 18.3 Å². The molecule has 0 radical (unpaired) electrons. The van der Waals surface area contributed by atoms with Crippen LogP contribution in [0.1, 0.15) is 16.4 Å². The van der Waals surface area contributed by atoms with Gasteiger partial charge in [0.1, 0.15) is 5.25 Å². The van der Waals surface area contributed by atoms with Gasteiger partial charge < -0.3 is 10.0 Å². The second-order valence-electron chi connectivity index (χ2n) is 7.30. The highest BCUT2D eigenvalue weighted by Gasteiger charge is 2.47. The predicted molar refractivity (Wildman–Crippen MR) is 113 cm³/mol. The van der Waals surface area contributed by atoms with E-state index in [1.165, 1.54) is 4.31 Å². The van der Waals surface area contributed by atoms with E-state index in [0.717, 1.165) is 11.3 Å². The summed E-state index contributed by atoms with van der Waals surface area (Å²) in [5.74, 6) is -2.05.